The van der Waals surface area contributed by atoms with Gasteiger partial charge in [0.25, 0.3) is 5.56 Å². The summed E-state index contributed by atoms with van der Waals surface area (Å²) in [5.41, 5.74) is -0.0933. The monoisotopic (exact) mass is 300 g/mol. The third-order valence-corrected chi connectivity index (χ3v) is 3.15. The fourth-order valence-electron chi connectivity index (χ4n) is 1.90. The van der Waals surface area contributed by atoms with Crippen LogP contribution in [0.15, 0.2) is 47.5 Å². The van der Waals surface area contributed by atoms with Gasteiger partial charge in [-0.05, 0) is 12.1 Å². The molecule has 0 saturated heterocycles. The summed E-state index contributed by atoms with van der Waals surface area (Å²) < 4.78 is 0. The van der Waals surface area contributed by atoms with E-state index in [9.17, 15) is 9.90 Å². The van der Waals surface area contributed by atoms with Gasteiger partial charge in [0.2, 0.25) is 5.88 Å². The zero-order valence-electron chi connectivity index (χ0n) is 10.6. The molecular formula is C14H9ClN4O2. The first-order valence-electron chi connectivity index (χ1n) is 6.02. The molecule has 2 N–H and O–H groups in total. The minimum atomic E-state index is -0.516. The molecule has 6 nitrogen and oxygen atoms in total. The van der Waals surface area contributed by atoms with E-state index >= 15 is 0 Å². The van der Waals surface area contributed by atoms with Gasteiger partial charge in [-0.1, -0.05) is 29.8 Å². The summed E-state index contributed by atoms with van der Waals surface area (Å²) in [5.74, 6) is -0.112. The van der Waals surface area contributed by atoms with Gasteiger partial charge in [0.1, 0.15) is 5.56 Å². The van der Waals surface area contributed by atoms with E-state index in [1.165, 1.54) is 12.4 Å². The van der Waals surface area contributed by atoms with Crippen molar-refractivity contribution >= 4 is 11.6 Å². The zero-order chi connectivity index (χ0) is 14.8. The first-order valence-corrected chi connectivity index (χ1v) is 6.40. The Balaban J connectivity index is 2.19. The average molecular weight is 301 g/mol. The summed E-state index contributed by atoms with van der Waals surface area (Å²) >= 11 is 6.04. The van der Waals surface area contributed by atoms with Gasteiger partial charge in [-0.2, -0.15) is 4.98 Å². The molecule has 0 aliphatic carbocycles. The molecule has 3 rings (SSSR count). The highest BCUT2D eigenvalue weighted by Crippen LogP contribution is 2.30. The molecule has 0 aliphatic heterocycles. The van der Waals surface area contributed by atoms with E-state index in [1.807, 2.05) is 0 Å². The van der Waals surface area contributed by atoms with Crippen molar-refractivity contribution in [1.82, 2.24) is 19.9 Å². The van der Waals surface area contributed by atoms with Crippen LogP contribution in [0.25, 0.3) is 22.8 Å². The zero-order valence-corrected chi connectivity index (χ0v) is 11.4. The van der Waals surface area contributed by atoms with Crippen molar-refractivity contribution in [3.63, 3.8) is 0 Å². The van der Waals surface area contributed by atoms with Gasteiger partial charge in [0, 0.05) is 23.0 Å². The lowest BCUT2D eigenvalue weighted by atomic mass is 10.1. The van der Waals surface area contributed by atoms with Gasteiger partial charge in [-0.3, -0.25) is 4.79 Å². The predicted octanol–water partition coefficient (Wildman–Crippen LogP) is 2.25. The minimum absolute atomic E-state index is 0.0141. The second-order valence-corrected chi connectivity index (χ2v) is 4.57. The third kappa shape index (κ3) is 2.48. The number of H-pyrrole nitrogens is 1. The Hall–Kier alpha value is -2.73. The Kier molecular flexibility index (Phi) is 3.37. The smallest absolute Gasteiger partial charge is 0.263 e. The largest absolute Gasteiger partial charge is 0.493 e. The number of nitrogens with one attached hydrogen (secondary N) is 1. The molecule has 3 aromatic rings. The van der Waals surface area contributed by atoms with Crippen LogP contribution in [0.3, 0.4) is 0 Å². The lowest BCUT2D eigenvalue weighted by Gasteiger charge is -2.06. The normalized spacial score (nSPS) is 10.5. The second kappa shape index (κ2) is 5.34. The number of benzene rings is 1. The molecule has 21 heavy (non-hydrogen) atoms. The maximum absolute atomic E-state index is 12.2. The number of aromatic amines is 1. The van der Waals surface area contributed by atoms with E-state index in [0.717, 1.165) is 0 Å². The number of hydrogen-bond acceptors (Lipinski definition) is 5. The lowest BCUT2D eigenvalue weighted by molar-refractivity contribution is 0.454. The molecule has 0 aliphatic rings. The van der Waals surface area contributed by atoms with E-state index < -0.39 is 11.4 Å². The molecular weight excluding hydrogens is 292 g/mol. The van der Waals surface area contributed by atoms with Gasteiger partial charge in [0.05, 0.1) is 0 Å². The topological polar surface area (TPSA) is 91.8 Å². The molecule has 0 saturated carbocycles. The van der Waals surface area contributed by atoms with Crippen molar-refractivity contribution in [1.29, 1.82) is 0 Å². The van der Waals surface area contributed by atoms with Gasteiger partial charge < -0.3 is 10.1 Å². The molecule has 7 heteroatoms. The van der Waals surface area contributed by atoms with Gasteiger partial charge >= 0.3 is 0 Å². The van der Waals surface area contributed by atoms with E-state index in [0.29, 0.717) is 10.6 Å². The molecule has 1 aromatic carbocycles. The Bertz CT molecular complexity index is 849. The van der Waals surface area contributed by atoms with Gasteiger partial charge in [0.15, 0.2) is 11.6 Å². The van der Waals surface area contributed by atoms with Crippen LogP contribution in [-0.2, 0) is 0 Å². The maximum Gasteiger partial charge on any atom is 0.263 e. The predicted molar refractivity (Wildman–Crippen MR) is 78.0 cm³/mol. The molecule has 0 radical (unpaired) electrons. The third-order valence-electron chi connectivity index (χ3n) is 2.82. The Morgan fingerprint density at radius 2 is 1.81 bits per heavy atom. The number of aromatic nitrogens is 4. The van der Waals surface area contributed by atoms with E-state index in [4.69, 9.17) is 11.6 Å². The quantitative estimate of drug-likeness (QED) is 0.757. The summed E-state index contributed by atoms with van der Waals surface area (Å²) in [4.78, 5) is 26.6. The summed E-state index contributed by atoms with van der Waals surface area (Å²) in [6.07, 6.45) is 3.03. The fraction of sp³-hybridized carbons (Fsp3) is 0. The molecule has 0 bridgehead atoms. The number of halogens is 1. The van der Waals surface area contributed by atoms with Crippen LogP contribution in [0.5, 0.6) is 5.88 Å². The van der Waals surface area contributed by atoms with Crippen molar-refractivity contribution in [3.05, 3.63) is 58.1 Å². The Morgan fingerprint density at radius 3 is 2.48 bits per heavy atom. The Labute approximate surface area is 124 Å². The molecule has 0 amide bonds. The molecule has 0 unspecified atom stereocenters. The standard InChI is InChI=1S/C14H9ClN4O2/c15-9-5-2-1-4-8(9)10-13(20)18-12(19-14(10)21)11-16-6-3-7-17-11/h1-7H,(H2,18,19,20,21). The van der Waals surface area contributed by atoms with E-state index in [-0.39, 0.29) is 17.2 Å². The molecule has 2 heterocycles. The van der Waals surface area contributed by atoms with Crippen LogP contribution in [0.4, 0.5) is 0 Å². The second-order valence-electron chi connectivity index (χ2n) is 4.17. The highest BCUT2D eigenvalue weighted by molar-refractivity contribution is 6.33. The molecule has 0 atom stereocenters. The van der Waals surface area contributed by atoms with Crippen molar-refractivity contribution in [2.24, 2.45) is 0 Å². The van der Waals surface area contributed by atoms with E-state index in [1.54, 1.807) is 30.3 Å². The van der Waals surface area contributed by atoms with Crippen LogP contribution >= 0.6 is 11.6 Å². The van der Waals surface area contributed by atoms with Crippen LogP contribution < -0.4 is 5.56 Å². The number of aromatic hydroxyl groups is 1. The van der Waals surface area contributed by atoms with Crippen LogP contribution in [0.1, 0.15) is 0 Å². The highest BCUT2D eigenvalue weighted by atomic mass is 35.5. The molecule has 0 fully saturated rings. The van der Waals surface area contributed by atoms with Crippen molar-refractivity contribution in [2.75, 3.05) is 0 Å². The summed E-state index contributed by atoms with van der Waals surface area (Å²) in [5, 5.41) is 10.4. The minimum Gasteiger partial charge on any atom is -0.493 e. The molecule has 104 valence electrons. The fourth-order valence-corrected chi connectivity index (χ4v) is 2.13. The summed E-state index contributed by atoms with van der Waals surface area (Å²) in [7, 11) is 0. The summed E-state index contributed by atoms with van der Waals surface area (Å²) in [6.45, 7) is 0. The number of nitrogens with zero attached hydrogens (tertiary/aromatic N) is 3. The molecule has 0 spiro atoms. The summed E-state index contributed by atoms with van der Waals surface area (Å²) in [6, 6.07) is 8.35. The molecule has 2 aromatic heterocycles. The van der Waals surface area contributed by atoms with Crippen LogP contribution in [-0.4, -0.2) is 25.0 Å². The lowest BCUT2D eigenvalue weighted by Crippen LogP contribution is -2.13. The van der Waals surface area contributed by atoms with Crippen molar-refractivity contribution in [2.45, 2.75) is 0 Å². The van der Waals surface area contributed by atoms with Crippen molar-refractivity contribution in [3.8, 4) is 28.7 Å². The first-order chi connectivity index (χ1) is 10.2. The van der Waals surface area contributed by atoms with Gasteiger partial charge in [-0.15, -0.1) is 0 Å². The average Bonchev–Trinajstić information content (AvgIpc) is 2.49. The van der Waals surface area contributed by atoms with Crippen LogP contribution in [0.2, 0.25) is 5.02 Å². The first kappa shape index (κ1) is 13.3. The van der Waals surface area contributed by atoms with E-state index in [2.05, 4.69) is 19.9 Å². The van der Waals surface area contributed by atoms with Gasteiger partial charge in [-0.25, -0.2) is 9.97 Å². The Morgan fingerprint density at radius 1 is 1.10 bits per heavy atom. The SMILES string of the molecule is O=c1[nH]c(-c2ncccn2)nc(O)c1-c1ccccc1Cl. The van der Waals surface area contributed by atoms with Crippen molar-refractivity contribution < 1.29 is 5.11 Å². The number of rotatable bonds is 2. The number of hydrogen-bond donors (Lipinski definition) is 2. The highest BCUT2D eigenvalue weighted by Gasteiger charge is 2.16. The van der Waals surface area contributed by atoms with Crippen LogP contribution in [0, 0.1) is 0 Å². The maximum atomic E-state index is 12.2.